The van der Waals surface area contributed by atoms with Crippen LogP contribution in [0, 0.1) is 0 Å². The highest BCUT2D eigenvalue weighted by molar-refractivity contribution is 9.10. The van der Waals surface area contributed by atoms with Crippen LogP contribution in [0.25, 0.3) is 11.1 Å². The molecule has 0 fully saturated rings. The van der Waals surface area contributed by atoms with Crippen molar-refractivity contribution < 1.29 is 4.74 Å². The van der Waals surface area contributed by atoms with Crippen molar-refractivity contribution in [2.24, 2.45) is 0 Å². The lowest BCUT2D eigenvalue weighted by Gasteiger charge is -2.05. The van der Waals surface area contributed by atoms with Gasteiger partial charge in [0.15, 0.2) is 0 Å². The molecule has 0 radical (unpaired) electrons. The van der Waals surface area contributed by atoms with E-state index in [1.165, 1.54) is 0 Å². The molecule has 0 amide bonds. The van der Waals surface area contributed by atoms with E-state index in [1.807, 2.05) is 42.5 Å². The van der Waals surface area contributed by atoms with Crippen molar-refractivity contribution in [2.75, 3.05) is 12.8 Å². The van der Waals surface area contributed by atoms with E-state index < -0.39 is 0 Å². The Bertz CT molecular complexity index is 494. The molecule has 16 heavy (non-hydrogen) atoms. The predicted octanol–water partition coefficient (Wildman–Crippen LogP) is 3.71. The summed E-state index contributed by atoms with van der Waals surface area (Å²) in [6, 6.07) is 13.8. The summed E-state index contributed by atoms with van der Waals surface area (Å²) < 4.78 is 6.04. The third-order valence-corrected chi connectivity index (χ3v) is 3.11. The van der Waals surface area contributed by atoms with Gasteiger partial charge in [-0.05, 0) is 51.3 Å². The number of ether oxygens (including phenoxy) is 1. The summed E-state index contributed by atoms with van der Waals surface area (Å²) in [6.45, 7) is 0. The number of hydrogen-bond acceptors (Lipinski definition) is 2. The number of hydrogen-bond donors (Lipinski definition) is 1. The van der Waals surface area contributed by atoms with Crippen molar-refractivity contribution in [3.63, 3.8) is 0 Å². The maximum Gasteiger partial charge on any atom is 0.118 e. The molecule has 3 heteroatoms. The minimum Gasteiger partial charge on any atom is -0.497 e. The van der Waals surface area contributed by atoms with Crippen LogP contribution in [0.15, 0.2) is 46.9 Å². The van der Waals surface area contributed by atoms with E-state index in [0.29, 0.717) is 0 Å². The molecule has 2 aromatic rings. The molecule has 2 N–H and O–H groups in total. The Morgan fingerprint density at radius 1 is 1.00 bits per heavy atom. The molecule has 0 heterocycles. The van der Waals surface area contributed by atoms with E-state index >= 15 is 0 Å². The second kappa shape index (κ2) is 4.58. The van der Waals surface area contributed by atoms with Crippen LogP contribution in [-0.2, 0) is 0 Å². The van der Waals surface area contributed by atoms with Crippen molar-refractivity contribution in [3.05, 3.63) is 46.9 Å². The first-order valence-electron chi connectivity index (χ1n) is 4.90. The van der Waals surface area contributed by atoms with Crippen molar-refractivity contribution in [2.45, 2.75) is 0 Å². The van der Waals surface area contributed by atoms with Gasteiger partial charge in [0, 0.05) is 10.2 Å². The molecular weight excluding hydrogens is 266 g/mol. The van der Waals surface area contributed by atoms with Gasteiger partial charge in [-0.2, -0.15) is 0 Å². The monoisotopic (exact) mass is 277 g/mol. The van der Waals surface area contributed by atoms with Crippen LogP contribution in [0.5, 0.6) is 5.75 Å². The predicted molar refractivity (Wildman–Crippen MR) is 70.5 cm³/mol. The highest BCUT2D eigenvalue weighted by Gasteiger charge is 2.01. The number of nitrogens with two attached hydrogens (primary N) is 1. The smallest absolute Gasteiger partial charge is 0.118 e. The number of benzene rings is 2. The van der Waals surface area contributed by atoms with Gasteiger partial charge in [0.2, 0.25) is 0 Å². The summed E-state index contributed by atoms with van der Waals surface area (Å²) in [6.07, 6.45) is 0. The van der Waals surface area contributed by atoms with Crippen molar-refractivity contribution in [1.29, 1.82) is 0 Å². The third kappa shape index (κ3) is 2.19. The average molecular weight is 278 g/mol. The molecule has 0 saturated heterocycles. The zero-order valence-corrected chi connectivity index (χ0v) is 10.5. The number of anilines is 1. The molecule has 0 aliphatic rings. The first-order chi connectivity index (χ1) is 7.70. The molecule has 0 saturated carbocycles. The van der Waals surface area contributed by atoms with Crippen LogP contribution in [-0.4, -0.2) is 7.11 Å². The Hall–Kier alpha value is -1.48. The fraction of sp³-hybridized carbons (Fsp3) is 0.0769. The number of rotatable bonds is 2. The van der Waals surface area contributed by atoms with Gasteiger partial charge in [0.1, 0.15) is 5.75 Å². The average Bonchev–Trinajstić information content (AvgIpc) is 2.33. The Morgan fingerprint density at radius 2 is 1.62 bits per heavy atom. The van der Waals surface area contributed by atoms with Gasteiger partial charge in [-0.25, -0.2) is 0 Å². The molecule has 0 atom stereocenters. The van der Waals surface area contributed by atoms with Gasteiger partial charge >= 0.3 is 0 Å². The topological polar surface area (TPSA) is 35.2 Å². The first-order valence-corrected chi connectivity index (χ1v) is 5.69. The zero-order valence-electron chi connectivity index (χ0n) is 8.91. The van der Waals surface area contributed by atoms with Crippen LogP contribution in [0.1, 0.15) is 0 Å². The summed E-state index contributed by atoms with van der Waals surface area (Å²) in [5, 5.41) is 0. The van der Waals surface area contributed by atoms with Gasteiger partial charge in [-0.3, -0.25) is 0 Å². The Morgan fingerprint density at radius 3 is 2.19 bits per heavy atom. The summed E-state index contributed by atoms with van der Waals surface area (Å²) in [5.74, 6) is 0.860. The minimum absolute atomic E-state index is 0.747. The third-order valence-electron chi connectivity index (χ3n) is 2.42. The standard InChI is InChI=1S/C13H12BrNO/c1-16-11-5-2-9(3-6-11)10-4-7-13(15)12(14)8-10/h2-8H,15H2,1H3. The highest BCUT2D eigenvalue weighted by Crippen LogP contribution is 2.28. The first kappa shape index (κ1) is 11.0. The van der Waals surface area contributed by atoms with Crippen molar-refractivity contribution in [3.8, 4) is 16.9 Å². The lowest BCUT2D eigenvalue weighted by Crippen LogP contribution is -1.87. The molecule has 2 nitrogen and oxygen atoms in total. The largest absolute Gasteiger partial charge is 0.497 e. The molecule has 0 spiro atoms. The Kier molecular flexibility index (Phi) is 3.15. The van der Waals surface area contributed by atoms with Gasteiger partial charge in [0.25, 0.3) is 0 Å². The van der Waals surface area contributed by atoms with Crippen molar-refractivity contribution >= 4 is 21.6 Å². The number of methoxy groups -OCH3 is 1. The molecular formula is C13H12BrNO. The van der Waals surface area contributed by atoms with Gasteiger partial charge in [-0.1, -0.05) is 18.2 Å². The maximum absolute atomic E-state index is 5.75. The van der Waals surface area contributed by atoms with Crippen molar-refractivity contribution in [1.82, 2.24) is 0 Å². The van der Waals surface area contributed by atoms with E-state index in [2.05, 4.69) is 15.9 Å². The molecule has 0 bridgehead atoms. The fourth-order valence-electron chi connectivity index (χ4n) is 1.49. The van der Waals surface area contributed by atoms with Crippen LogP contribution >= 0.6 is 15.9 Å². The second-order valence-electron chi connectivity index (χ2n) is 3.46. The van der Waals surface area contributed by atoms with Crippen LogP contribution in [0.2, 0.25) is 0 Å². The van der Waals surface area contributed by atoms with E-state index in [0.717, 1.165) is 27.0 Å². The molecule has 0 aliphatic carbocycles. The van der Waals surface area contributed by atoms with E-state index in [-0.39, 0.29) is 0 Å². The maximum atomic E-state index is 5.75. The second-order valence-corrected chi connectivity index (χ2v) is 4.32. The van der Waals surface area contributed by atoms with E-state index in [1.54, 1.807) is 7.11 Å². The normalized spacial score (nSPS) is 10.1. The molecule has 0 aromatic heterocycles. The minimum atomic E-state index is 0.747. The summed E-state index contributed by atoms with van der Waals surface area (Å²) in [5.41, 5.74) is 8.76. The Balaban J connectivity index is 2.38. The summed E-state index contributed by atoms with van der Waals surface area (Å²) >= 11 is 3.42. The molecule has 0 unspecified atom stereocenters. The number of nitrogen functional groups attached to an aromatic ring is 1. The van der Waals surface area contributed by atoms with Gasteiger partial charge < -0.3 is 10.5 Å². The fourth-order valence-corrected chi connectivity index (χ4v) is 1.87. The number of halogens is 1. The highest BCUT2D eigenvalue weighted by atomic mass is 79.9. The SMILES string of the molecule is COc1ccc(-c2ccc(N)c(Br)c2)cc1. The quantitative estimate of drug-likeness (QED) is 0.850. The van der Waals surface area contributed by atoms with E-state index in [9.17, 15) is 0 Å². The summed E-state index contributed by atoms with van der Waals surface area (Å²) in [4.78, 5) is 0. The molecule has 82 valence electrons. The van der Waals surface area contributed by atoms with Crippen LogP contribution < -0.4 is 10.5 Å². The Labute approximate surface area is 103 Å². The molecule has 2 rings (SSSR count). The van der Waals surface area contributed by atoms with Crippen LogP contribution in [0.3, 0.4) is 0 Å². The molecule has 2 aromatic carbocycles. The van der Waals surface area contributed by atoms with E-state index in [4.69, 9.17) is 10.5 Å². The lowest BCUT2D eigenvalue weighted by atomic mass is 10.1. The van der Waals surface area contributed by atoms with Crippen LogP contribution in [0.4, 0.5) is 5.69 Å². The molecule has 0 aliphatic heterocycles. The summed E-state index contributed by atoms with van der Waals surface area (Å²) in [7, 11) is 1.66. The zero-order chi connectivity index (χ0) is 11.5. The van der Waals surface area contributed by atoms with Gasteiger partial charge in [-0.15, -0.1) is 0 Å². The lowest BCUT2D eigenvalue weighted by molar-refractivity contribution is 0.415. The van der Waals surface area contributed by atoms with Gasteiger partial charge in [0.05, 0.1) is 7.11 Å².